The first-order chi connectivity index (χ1) is 6.36. The van der Waals surface area contributed by atoms with Crippen LogP contribution in [-0.2, 0) is 0 Å². The predicted molar refractivity (Wildman–Crippen MR) is 51.5 cm³/mol. The van der Waals surface area contributed by atoms with Crippen molar-refractivity contribution in [3.8, 4) is 0 Å². The Labute approximate surface area is 79.9 Å². The van der Waals surface area contributed by atoms with E-state index in [9.17, 15) is 5.11 Å². The Morgan fingerprint density at radius 1 is 0.846 bits per heavy atom. The molecule has 1 saturated carbocycles. The molecule has 2 nitrogen and oxygen atoms in total. The molecule has 13 heavy (non-hydrogen) atoms. The summed E-state index contributed by atoms with van der Waals surface area (Å²) in [5.41, 5.74) is 0. The molecule has 74 valence electrons. The molecule has 2 saturated heterocycles. The Kier molecular flexibility index (Phi) is 1.88. The van der Waals surface area contributed by atoms with Crippen LogP contribution in [0.15, 0.2) is 0 Å². The fraction of sp³-hybridized carbons (Fsp3) is 1.00. The summed E-state index contributed by atoms with van der Waals surface area (Å²) in [5.74, 6) is 0. The zero-order valence-electron chi connectivity index (χ0n) is 8.15. The Hall–Kier alpha value is -0.0800. The number of hydrogen-bond acceptors (Lipinski definition) is 2. The normalized spacial score (nSPS) is 50.5. The lowest BCUT2D eigenvalue weighted by atomic mass is 10.0. The minimum atomic E-state index is -0.0128. The lowest BCUT2D eigenvalue weighted by molar-refractivity contribution is 0.0602. The monoisotopic (exact) mass is 181 g/mol. The minimum Gasteiger partial charge on any atom is -0.391 e. The van der Waals surface area contributed by atoms with E-state index < -0.39 is 0 Å². The Balaban J connectivity index is 1.77. The summed E-state index contributed by atoms with van der Waals surface area (Å²) in [5, 5.41) is 9.87. The van der Waals surface area contributed by atoms with Crippen LogP contribution in [0.1, 0.15) is 44.9 Å². The summed E-state index contributed by atoms with van der Waals surface area (Å²) in [6, 6.07) is 2.20. The van der Waals surface area contributed by atoms with Gasteiger partial charge >= 0.3 is 0 Å². The SMILES string of the molecule is OC1CCCC1N1C2CCC1CC2. The molecular weight excluding hydrogens is 162 g/mol. The molecule has 0 aromatic heterocycles. The van der Waals surface area contributed by atoms with Crippen LogP contribution in [0, 0.1) is 0 Å². The van der Waals surface area contributed by atoms with Crippen molar-refractivity contribution in [3.63, 3.8) is 0 Å². The largest absolute Gasteiger partial charge is 0.391 e. The van der Waals surface area contributed by atoms with E-state index >= 15 is 0 Å². The third-order valence-electron chi connectivity index (χ3n) is 4.34. The van der Waals surface area contributed by atoms with Crippen LogP contribution in [0.3, 0.4) is 0 Å². The van der Waals surface area contributed by atoms with Crippen molar-refractivity contribution in [2.75, 3.05) is 0 Å². The van der Waals surface area contributed by atoms with E-state index in [-0.39, 0.29) is 6.10 Å². The summed E-state index contributed by atoms with van der Waals surface area (Å²) in [6.45, 7) is 0. The summed E-state index contributed by atoms with van der Waals surface area (Å²) in [6.07, 6.45) is 9.10. The van der Waals surface area contributed by atoms with Crippen molar-refractivity contribution in [1.29, 1.82) is 0 Å². The second-order valence-electron chi connectivity index (χ2n) is 4.98. The number of aliphatic hydroxyl groups excluding tert-OH is 1. The molecule has 3 rings (SSSR count). The standard InChI is InChI=1S/C11H19NO/c13-11-3-1-2-10(11)12-8-4-5-9(12)7-6-8/h8-11,13H,1-7H2. The zero-order valence-corrected chi connectivity index (χ0v) is 8.15. The molecule has 0 aromatic carbocycles. The van der Waals surface area contributed by atoms with Crippen LogP contribution in [0.25, 0.3) is 0 Å². The lowest BCUT2D eigenvalue weighted by Crippen LogP contribution is -2.43. The van der Waals surface area contributed by atoms with E-state index in [1.165, 1.54) is 38.5 Å². The van der Waals surface area contributed by atoms with Gasteiger partial charge in [0.25, 0.3) is 0 Å². The molecular formula is C11H19NO. The summed E-state index contributed by atoms with van der Waals surface area (Å²) >= 11 is 0. The van der Waals surface area contributed by atoms with Crippen LogP contribution >= 0.6 is 0 Å². The first kappa shape index (κ1) is 8.25. The van der Waals surface area contributed by atoms with Crippen LogP contribution < -0.4 is 0 Å². The third kappa shape index (κ3) is 1.15. The Morgan fingerprint density at radius 3 is 1.92 bits per heavy atom. The highest BCUT2D eigenvalue weighted by Crippen LogP contribution is 2.42. The second-order valence-corrected chi connectivity index (χ2v) is 4.98. The Morgan fingerprint density at radius 2 is 1.46 bits per heavy atom. The minimum absolute atomic E-state index is 0.0128. The maximum atomic E-state index is 9.87. The maximum absolute atomic E-state index is 9.87. The first-order valence-electron chi connectivity index (χ1n) is 5.82. The topological polar surface area (TPSA) is 23.5 Å². The number of aliphatic hydroxyl groups is 1. The quantitative estimate of drug-likeness (QED) is 0.663. The molecule has 2 aliphatic heterocycles. The molecule has 2 unspecified atom stereocenters. The average molecular weight is 181 g/mol. The number of fused-ring (bicyclic) bond motifs is 2. The fourth-order valence-electron chi connectivity index (χ4n) is 3.76. The van der Waals surface area contributed by atoms with Gasteiger partial charge in [-0.3, -0.25) is 4.90 Å². The van der Waals surface area contributed by atoms with Crippen molar-refractivity contribution in [2.45, 2.75) is 69.2 Å². The van der Waals surface area contributed by atoms with Crippen LogP contribution in [0.2, 0.25) is 0 Å². The highest BCUT2D eigenvalue weighted by Gasteiger charge is 2.45. The smallest absolute Gasteiger partial charge is 0.0695 e. The average Bonchev–Trinajstić information content (AvgIpc) is 2.78. The van der Waals surface area contributed by atoms with Gasteiger partial charge in [0.15, 0.2) is 0 Å². The van der Waals surface area contributed by atoms with Crippen molar-refractivity contribution in [1.82, 2.24) is 4.90 Å². The fourth-order valence-corrected chi connectivity index (χ4v) is 3.76. The third-order valence-corrected chi connectivity index (χ3v) is 4.34. The van der Waals surface area contributed by atoms with Crippen molar-refractivity contribution < 1.29 is 5.11 Å². The predicted octanol–water partition coefficient (Wildman–Crippen LogP) is 1.53. The molecule has 1 aliphatic carbocycles. The van der Waals surface area contributed by atoms with E-state index in [2.05, 4.69) is 4.90 Å². The summed E-state index contributed by atoms with van der Waals surface area (Å²) in [7, 11) is 0. The molecule has 0 amide bonds. The van der Waals surface area contributed by atoms with E-state index in [0.717, 1.165) is 18.5 Å². The van der Waals surface area contributed by atoms with Gasteiger partial charge in [-0.2, -0.15) is 0 Å². The van der Waals surface area contributed by atoms with Crippen LogP contribution in [0.4, 0.5) is 0 Å². The van der Waals surface area contributed by atoms with Gasteiger partial charge in [0.05, 0.1) is 6.10 Å². The number of nitrogens with zero attached hydrogens (tertiary/aromatic N) is 1. The van der Waals surface area contributed by atoms with E-state index in [4.69, 9.17) is 0 Å². The molecule has 0 spiro atoms. The van der Waals surface area contributed by atoms with Crippen molar-refractivity contribution >= 4 is 0 Å². The molecule has 0 radical (unpaired) electrons. The van der Waals surface area contributed by atoms with Gasteiger partial charge in [0.1, 0.15) is 0 Å². The summed E-state index contributed by atoms with van der Waals surface area (Å²) < 4.78 is 0. The second kappa shape index (κ2) is 2.96. The highest BCUT2D eigenvalue weighted by molar-refractivity contribution is 5.01. The van der Waals surface area contributed by atoms with Gasteiger partial charge in [-0.15, -0.1) is 0 Å². The van der Waals surface area contributed by atoms with Crippen LogP contribution in [0.5, 0.6) is 0 Å². The van der Waals surface area contributed by atoms with Crippen molar-refractivity contribution in [2.24, 2.45) is 0 Å². The van der Waals surface area contributed by atoms with E-state index in [0.29, 0.717) is 6.04 Å². The van der Waals surface area contributed by atoms with E-state index in [1.54, 1.807) is 0 Å². The molecule has 0 aromatic rings. The van der Waals surface area contributed by atoms with E-state index in [1.807, 2.05) is 0 Å². The summed E-state index contributed by atoms with van der Waals surface area (Å²) in [4.78, 5) is 2.66. The molecule has 3 fully saturated rings. The van der Waals surface area contributed by atoms with Crippen LogP contribution in [-0.4, -0.2) is 34.2 Å². The van der Waals surface area contributed by atoms with Gasteiger partial charge in [0.2, 0.25) is 0 Å². The molecule has 2 heterocycles. The molecule has 3 aliphatic rings. The van der Waals surface area contributed by atoms with Gasteiger partial charge < -0.3 is 5.11 Å². The lowest BCUT2D eigenvalue weighted by Gasteiger charge is -2.31. The highest BCUT2D eigenvalue weighted by atomic mass is 16.3. The molecule has 1 N–H and O–H groups in total. The molecule has 2 bridgehead atoms. The first-order valence-corrected chi connectivity index (χ1v) is 5.82. The van der Waals surface area contributed by atoms with Gasteiger partial charge in [-0.1, -0.05) is 0 Å². The number of hydrogen-bond donors (Lipinski definition) is 1. The van der Waals surface area contributed by atoms with Gasteiger partial charge in [0, 0.05) is 18.1 Å². The van der Waals surface area contributed by atoms with Crippen molar-refractivity contribution in [3.05, 3.63) is 0 Å². The molecule has 2 heteroatoms. The van der Waals surface area contributed by atoms with Gasteiger partial charge in [-0.05, 0) is 44.9 Å². The molecule has 2 atom stereocenters. The Bertz CT molecular complexity index is 186. The maximum Gasteiger partial charge on any atom is 0.0695 e. The zero-order chi connectivity index (χ0) is 8.84. The number of rotatable bonds is 1. The van der Waals surface area contributed by atoms with Gasteiger partial charge in [-0.25, -0.2) is 0 Å².